The molecule has 4 nitrogen and oxygen atoms in total. The average Bonchev–Trinajstić information content (AvgIpc) is 2.76. The first-order valence-electron chi connectivity index (χ1n) is 7.60. The van der Waals surface area contributed by atoms with Crippen LogP contribution in [0.1, 0.15) is 24.0 Å². The van der Waals surface area contributed by atoms with Crippen LogP contribution in [0.4, 0.5) is 18.0 Å². The third-order valence-corrected chi connectivity index (χ3v) is 4.57. The maximum Gasteiger partial charge on any atom is 0.416 e. The molecule has 0 N–H and O–H groups in total. The van der Waals surface area contributed by atoms with E-state index in [4.69, 9.17) is 4.74 Å². The van der Waals surface area contributed by atoms with Gasteiger partial charge in [-0.25, -0.2) is 4.79 Å². The zero-order chi connectivity index (χ0) is 16.7. The summed E-state index contributed by atoms with van der Waals surface area (Å²) in [5, 5.41) is 0. The number of nitrogens with zero attached hydrogens (tertiary/aromatic N) is 2. The number of halogens is 3. The molecule has 1 amide bonds. The Labute approximate surface area is 132 Å². The number of hydrogen-bond donors (Lipinski definition) is 0. The predicted octanol–water partition coefficient (Wildman–Crippen LogP) is 3.12. The summed E-state index contributed by atoms with van der Waals surface area (Å²) in [5.74, 6) is 0. The zero-order valence-electron chi connectivity index (χ0n) is 12.9. The largest absolute Gasteiger partial charge is 0.441 e. The Bertz CT molecular complexity index is 595. The molecule has 1 aromatic rings. The van der Waals surface area contributed by atoms with Crippen LogP contribution in [-0.4, -0.2) is 48.2 Å². The van der Waals surface area contributed by atoms with Gasteiger partial charge in [-0.15, -0.1) is 0 Å². The van der Waals surface area contributed by atoms with E-state index in [1.54, 1.807) is 18.0 Å². The molecule has 2 heterocycles. The van der Waals surface area contributed by atoms with Crippen molar-refractivity contribution in [2.45, 2.75) is 31.2 Å². The van der Waals surface area contributed by atoms with Crippen LogP contribution in [0, 0.1) is 0 Å². The first-order valence-corrected chi connectivity index (χ1v) is 7.60. The smallest absolute Gasteiger partial charge is 0.416 e. The van der Waals surface area contributed by atoms with Crippen LogP contribution in [0.25, 0.3) is 0 Å². The van der Waals surface area contributed by atoms with Gasteiger partial charge in [0, 0.05) is 39.5 Å². The maximum absolute atomic E-state index is 12.8. The molecule has 3 rings (SSSR count). The lowest BCUT2D eigenvalue weighted by atomic mass is 9.91. The highest BCUT2D eigenvalue weighted by atomic mass is 19.4. The number of amides is 1. The van der Waals surface area contributed by atoms with E-state index in [1.165, 1.54) is 12.1 Å². The van der Waals surface area contributed by atoms with Crippen LogP contribution in [0.3, 0.4) is 0 Å². The second kappa shape index (κ2) is 5.70. The molecule has 0 aliphatic carbocycles. The molecule has 2 aliphatic rings. The van der Waals surface area contributed by atoms with E-state index in [0.717, 1.165) is 6.07 Å². The van der Waals surface area contributed by atoms with Crippen molar-refractivity contribution in [3.05, 3.63) is 35.4 Å². The van der Waals surface area contributed by atoms with Crippen LogP contribution >= 0.6 is 0 Å². The summed E-state index contributed by atoms with van der Waals surface area (Å²) in [7, 11) is 1.71. The molecule has 1 spiro atoms. The monoisotopic (exact) mass is 328 g/mol. The summed E-state index contributed by atoms with van der Waals surface area (Å²) in [5.41, 5.74) is -0.387. The van der Waals surface area contributed by atoms with E-state index < -0.39 is 17.3 Å². The second-order valence-electron chi connectivity index (χ2n) is 6.38. The van der Waals surface area contributed by atoms with E-state index in [2.05, 4.69) is 4.90 Å². The molecule has 7 heteroatoms. The van der Waals surface area contributed by atoms with Gasteiger partial charge >= 0.3 is 12.3 Å². The standard InChI is InChI=1S/C16H19F3N2O2/c1-20-11-15(23-14(20)22)5-7-21(8-6-15)10-12-3-2-4-13(9-12)16(17,18)19/h2-4,9H,5-8,10-11H2,1H3. The summed E-state index contributed by atoms with van der Waals surface area (Å²) < 4.78 is 43.7. The van der Waals surface area contributed by atoms with Crippen molar-refractivity contribution < 1.29 is 22.7 Å². The Hall–Kier alpha value is -1.76. The van der Waals surface area contributed by atoms with Gasteiger partial charge in [0.1, 0.15) is 5.60 Å². The van der Waals surface area contributed by atoms with Gasteiger partial charge in [0.15, 0.2) is 0 Å². The quantitative estimate of drug-likeness (QED) is 0.836. The fourth-order valence-electron chi connectivity index (χ4n) is 3.28. The fraction of sp³-hybridized carbons (Fsp3) is 0.562. The summed E-state index contributed by atoms with van der Waals surface area (Å²) >= 11 is 0. The summed E-state index contributed by atoms with van der Waals surface area (Å²) in [6.07, 6.45) is -3.19. The van der Waals surface area contributed by atoms with E-state index in [9.17, 15) is 18.0 Å². The molecular weight excluding hydrogens is 309 g/mol. The van der Waals surface area contributed by atoms with E-state index in [-0.39, 0.29) is 6.09 Å². The van der Waals surface area contributed by atoms with Gasteiger partial charge in [-0.1, -0.05) is 18.2 Å². The number of benzene rings is 1. The van der Waals surface area contributed by atoms with Gasteiger partial charge in [0.2, 0.25) is 0 Å². The number of ether oxygens (including phenoxy) is 1. The van der Waals surface area contributed by atoms with Gasteiger partial charge in [0.05, 0.1) is 12.1 Å². The number of likely N-dealkylation sites (tertiary alicyclic amines) is 1. The SMILES string of the molecule is CN1CC2(CCN(Cc3cccc(C(F)(F)F)c3)CC2)OC1=O. The van der Waals surface area contributed by atoms with Crippen LogP contribution in [0.5, 0.6) is 0 Å². The van der Waals surface area contributed by atoms with Crippen LogP contribution in [0.2, 0.25) is 0 Å². The summed E-state index contributed by atoms with van der Waals surface area (Å²) in [6.45, 7) is 2.47. The molecule has 0 bridgehead atoms. The third-order valence-electron chi connectivity index (χ3n) is 4.57. The Morgan fingerprint density at radius 2 is 1.96 bits per heavy atom. The molecule has 1 aromatic carbocycles. The predicted molar refractivity (Wildman–Crippen MR) is 77.8 cm³/mol. The minimum absolute atomic E-state index is 0.295. The van der Waals surface area contributed by atoms with Gasteiger partial charge in [0.25, 0.3) is 0 Å². The van der Waals surface area contributed by atoms with Crippen molar-refractivity contribution >= 4 is 6.09 Å². The van der Waals surface area contributed by atoms with Crippen LogP contribution in [0.15, 0.2) is 24.3 Å². The number of hydrogen-bond acceptors (Lipinski definition) is 3. The van der Waals surface area contributed by atoms with E-state index in [1.807, 2.05) is 0 Å². The normalized spacial score (nSPS) is 21.7. The van der Waals surface area contributed by atoms with Crippen molar-refractivity contribution in [1.29, 1.82) is 0 Å². The molecule has 2 fully saturated rings. The van der Waals surface area contributed by atoms with Gasteiger partial charge in [-0.2, -0.15) is 13.2 Å². The summed E-state index contributed by atoms with van der Waals surface area (Å²) in [4.78, 5) is 15.2. The van der Waals surface area contributed by atoms with Crippen molar-refractivity contribution in [1.82, 2.24) is 9.80 Å². The van der Waals surface area contributed by atoms with Crippen LogP contribution < -0.4 is 0 Å². The second-order valence-corrected chi connectivity index (χ2v) is 6.38. The number of carbonyl (C=O) groups is 1. The Morgan fingerprint density at radius 1 is 1.26 bits per heavy atom. The first kappa shape index (κ1) is 16.1. The van der Waals surface area contributed by atoms with Gasteiger partial charge in [-0.05, 0) is 11.6 Å². The first-order chi connectivity index (χ1) is 10.8. The molecule has 2 saturated heterocycles. The van der Waals surface area contributed by atoms with Crippen LogP contribution in [-0.2, 0) is 17.5 Å². The number of likely N-dealkylation sites (N-methyl/N-ethyl adjacent to an activating group) is 1. The highest BCUT2D eigenvalue weighted by Crippen LogP contribution is 2.33. The number of rotatable bonds is 2. The van der Waals surface area contributed by atoms with E-state index in [0.29, 0.717) is 44.6 Å². The fourth-order valence-corrected chi connectivity index (χ4v) is 3.28. The minimum atomic E-state index is -4.31. The van der Waals surface area contributed by atoms with Gasteiger partial charge < -0.3 is 9.64 Å². The maximum atomic E-state index is 12.8. The lowest BCUT2D eigenvalue weighted by molar-refractivity contribution is -0.137. The molecule has 0 unspecified atom stereocenters. The number of alkyl halides is 3. The topological polar surface area (TPSA) is 32.8 Å². The Kier molecular flexibility index (Phi) is 4.00. The van der Waals surface area contributed by atoms with Crippen molar-refractivity contribution in [2.24, 2.45) is 0 Å². The Morgan fingerprint density at radius 3 is 2.52 bits per heavy atom. The average molecular weight is 328 g/mol. The molecule has 126 valence electrons. The number of carbonyl (C=O) groups excluding carboxylic acids is 1. The third kappa shape index (κ3) is 3.44. The minimum Gasteiger partial charge on any atom is -0.441 e. The summed E-state index contributed by atoms with van der Waals surface area (Å²) in [6, 6.07) is 5.44. The molecule has 0 aromatic heterocycles. The lowest BCUT2D eigenvalue weighted by Crippen LogP contribution is -2.46. The van der Waals surface area contributed by atoms with Gasteiger partial charge in [-0.3, -0.25) is 4.90 Å². The zero-order valence-corrected chi connectivity index (χ0v) is 12.9. The van der Waals surface area contributed by atoms with Crippen molar-refractivity contribution in [3.63, 3.8) is 0 Å². The number of piperidine rings is 1. The molecule has 0 saturated carbocycles. The van der Waals surface area contributed by atoms with Crippen molar-refractivity contribution in [2.75, 3.05) is 26.7 Å². The molecule has 0 radical (unpaired) electrons. The molecule has 0 atom stereocenters. The van der Waals surface area contributed by atoms with E-state index >= 15 is 0 Å². The van der Waals surface area contributed by atoms with Crippen molar-refractivity contribution in [3.8, 4) is 0 Å². The highest BCUT2D eigenvalue weighted by Gasteiger charge is 2.45. The Balaban J connectivity index is 1.60. The molecule has 2 aliphatic heterocycles. The molecule has 23 heavy (non-hydrogen) atoms. The highest BCUT2D eigenvalue weighted by molar-refractivity contribution is 5.70. The molecular formula is C16H19F3N2O2. The lowest BCUT2D eigenvalue weighted by Gasteiger charge is -2.37.